The van der Waals surface area contributed by atoms with Crippen molar-refractivity contribution in [1.82, 2.24) is 19.8 Å². The fourth-order valence-corrected chi connectivity index (χ4v) is 5.92. The van der Waals surface area contributed by atoms with E-state index in [9.17, 15) is 9.90 Å². The van der Waals surface area contributed by atoms with Gasteiger partial charge in [-0.2, -0.15) is 0 Å². The van der Waals surface area contributed by atoms with Crippen LogP contribution in [0.15, 0.2) is 58.7 Å². The molecule has 0 radical (unpaired) electrons. The summed E-state index contributed by atoms with van der Waals surface area (Å²) in [6.07, 6.45) is -0.626. The number of morpholine rings is 1. The topological polar surface area (TPSA) is 81.7 Å². The summed E-state index contributed by atoms with van der Waals surface area (Å²) in [5.74, 6) is 0.619. The van der Waals surface area contributed by atoms with Gasteiger partial charge in [-0.05, 0) is 30.5 Å². The number of H-pyrrole nitrogens is 1. The zero-order valence-electron chi connectivity index (χ0n) is 21.4. The third-order valence-electron chi connectivity index (χ3n) is 6.99. The zero-order chi connectivity index (χ0) is 25.8. The van der Waals surface area contributed by atoms with E-state index in [-0.39, 0.29) is 5.56 Å². The molecule has 2 aromatic carbocycles. The molecule has 4 aromatic rings. The number of nitrogens with zero attached hydrogens (tertiary/aromatic N) is 3. The van der Waals surface area contributed by atoms with Gasteiger partial charge in [-0.25, -0.2) is 4.98 Å². The summed E-state index contributed by atoms with van der Waals surface area (Å²) >= 11 is 1.50. The molecule has 1 atom stereocenters. The SMILES string of the molecule is Cc1ccc(-c2csc3nc(CN(CCN4CCOCC4)C[C@H](O)c4ccccc4)[nH]c(=O)c23)c(C)c1. The summed E-state index contributed by atoms with van der Waals surface area (Å²) in [5.41, 5.74) is 5.11. The second-order valence-electron chi connectivity index (χ2n) is 9.78. The molecule has 0 amide bonds. The molecule has 8 heteroatoms. The first-order chi connectivity index (χ1) is 18.0. The molecule has 2 N–H and O–H groups in total. The largest absolute Gasteiger partial charge is 0.387 e. The van der Waals surface area contributed by atoms with E-state index < -0.39 is 6.10 Å². The second-order valence-corrected chi connectivity index (χ2v) is 10.6. The van der Waals surface area contributed by atoms with Crippen molar-refractivity contribution in [2.75, 3.05) is 45.9 Å². The molecule has 7 nitrogen and oxygen atoms in total. The third kappa shape index (κ3) is 6.17. The summed E-state index contributed by atoms with van der Waals surface area (Å²) in [6.45, 7) is 9.99. The number of fused-ring (bicyclic) bond motifs is 1. The first-order valence-electron chi connectivity index (χ1n) is 12.8. The monoisotopic (exact) mass is 518 g/mol. The normalized spacial score (nSPS) is 15.5. The van der Waals surface area contributed by atoms with Crippen molar-refractivity contribution in [1.29, 1.82) is 0 Å². The molecule has 1 fully saturated rings. The molecule has 0 bridgehead atoms. The van der Waals surface area contributed by atoms with Gasteiger partial charge in [0, 0.05) is 43.7 Å². The molecular formula is C29H34N4O3S. The van der Waals surface area contributed by atoms with E-state index in [0.29, 0.717) is 24.3 Å². The van der Waals surface area contributed by atoms with Gasteiger partial charge in [0.1, 0.15) is 10.7 Å². The molecule has 2 aromatic heterocycles. The number of nitrogens with one attached hydrogen (secondary N) is 1. The second kappa shape index (κ2) is 11.7. The summed E-state index contributed by atoms with van der Waals surface area (Å²) in [7, 11) is 0. The van der Waals surface area contributed by atoms with E-state index in [1.807, 2.05) is 35.7 Å². The van der Waals surface area contributed by atoms with E-state index >= 15 is 0 Å². The van der Waals surface area contributed by atoms with Gasteiger partial charge in [-0.1, -0.05) is 54.1 Å². The fourth-order valence-electron chi connectivity index (χ4n) is 4.96. The summed E-state index contributed by atoms with van der Waals surface area (Å²) in [5, 5.41) is 13.6. The average molecular weight is 519 g/mol. The van der Waals surface area contributed by atoms with Gasteiger partial charge >= 0.3 is 0 Å². The molecule has 0 spiro atoms. The number of aliphatic hydroxyl groups is 1. The van der Waals surface area contributed by atoms with Gasteiger partial charge in [0.2, 0.25) is 0 Å². The van der Waals surface area contributed by atoms with Gasteiger partial charge in [0.25, 0.3) is 5.56 Å². The molecule has 1 saturated heterocycles. The maximum atomic E-state index is 13.3. The minimum atomic E-state index is -0.626. The van der Waals surface area contributed by atoms with Crippen LogP contribution in [0.2, 0.25) is 0 Å². The Balaban J connectivity index is 1.39. The van der Waals surface area contributed by atoms with Crippen LogP contribution in [0.25, 0.3) is 21.3 Å². The Bertz CT molecular complexity index is 1400. The van der Waals surface area contributed by atoms with Gasteiger partial charge in [-0.15, -0.1) is 11.3 Å². The summed E-state index contributed by atoms with van der Waals surface area (Å²) in [4.78, 5) is 26.5. The first kappa shape index (κ1) is 25.8. The quantitative estimate of drug-likeness (QED) is 0.347. The van der Waals surface area contributed by atoms with Gasteiger partial charge < -0.3 is 14.8 Å². The molecule has 0 aliphatic carbocycles. The van der Waals surface area contributed by atoms with Crippen LogP contribution in [0.5, 0.6) is 0 Å². The Hall–Kier alpha value is -2.88. The highest BCUT2D eigenvalue weighted by molar-refractivity contribution is 7.17. The number of benzene rings is 2. The van der Waals surface area contributed by atoms with Crippen molar-refractivity contribution in [2.24, 2.45) is 0 Å². The maximum Gasteiger partial charge on any atom is 0.260 e. The number of aliphatic hydroxyl groups excluding tert-OH is 1. The van der Waals surface area contributed by atoms with Crippen LogP contribution in [0.3, 0.4) is 0 Å². The number of hydrogen-bond acceptors (Lipinski definition) is 7. The van der Waals surface area contributed by atoms with Crippen LogP contribution >= 0.6 is 11.3 Å². The highest BCUT2D eigenvalue weighted by atomic mass is 32.1. The van der Waals surface area contributed by atoms with Crippen molar-refractivity contribution in [3.05, 3.63) is 86.8 Å². The van der Waals surface area contributed by atoms with E-state index in [4.69, 9.17) is 9.72 Å². The zero-order valence-corrected chi connectivity index (χ0v) is 22.3. The Morgan fingerprint density at radius 3 is 2.68 bits per heavy atom. The Morgan fingerprint density at radius 1 is 1.14 bits per heavy atom. The van der Waals surface area contributed by atoms with E-state index in [1.54, 1.807) is 0 Å². The summed E-state index contributed by atoms with van der Waals surface area (Å²) < 4.78 is 5.48. The smallest absolute Gasteiger partial charge is 0.260 e. The molecule has 1 aliphatic heterocycles. The van der Waals surface area contributed by atoms with Crippen LogP contribution in [0, 0.1) is 13.8 Å². The van der Waals surface area contributed by atoms with E-state index in [0.717, 1.165) is 66.5 Å². The molecule has 1 aliphatic rings. The van der Waals surface area contributed by atoms with Crippen LogP contribution in [0.1, 0.15) is 28.6 Å². The average Bonchev–Trinajstić information content (AvgIpc) is 3.32. The van der Waals surface area contributed by atoms with Crippen LogP contribution in [0.4, 0.5) is 0 Å². The minimum Gasteiger partial charge on any atom is -0.387 e. The lowest BCUT2D eigenvalue weighted by atomic mass is 9.99. The van der Waals surface area contributed by atoms with Crippen molar-refractivity contribution in [2.45, 2.75) is 26.5 Å². The van der Waals surface area contributed by atoms with Crippen molar-refractivity contribution >= 4 is 21.6 Å². The molecular weight excluding hydrogens is 484 g/mol. The van der Waals surface area contributed by atoms with Crippen molar-refractivity contribution < 1.29 is 9.84 Å². The predicted octanol–water partition coefficient (Wildman–Crippen LogP) is 4.14. The number of thiophene rings is 1. The lowest BCUT2D eigenvalue weighted by Crippen LogP contribution is -2.42. The van der Waals surface area contributed by atoms with Crippen molar-refractivity contribution in [3.63, 3.8) is 0 Å². The van der Waals surface area contributed by atoms with Gasteiger partial charge in [0.15, 0.2) is 0 Å². The number of aromatic amines is 1. The number of aromatic nitrogens is 2. The van der Waals surface area contributed by atoms with Crippen molar-refractivity contribution in [3.8, 4) is 11.1 Å². The number of rotatable bonds is 9. The molecule has 37 heavy (non-hydrogen) atoms. The minimum absolute atomic E-state index is 0.118. The Morgan fingerprint density at radius 2 is 1.92 bits per heavy atom. The maximum absolute atomic E-state index is 13.3. The molecule has 0 unspecified atom stereocenters. The van der Waals surface area contributed by atoms with Gasteiger partial charge in [-0.3, -0.25) is 14.6 Å². The molecule has 194 valence electrons. The van der Waals surface area contributed by atoms with E-state index in [1.165, 1.54) is 16.9 Å². The fraction of sp³-hybridized carbons (Fsp3) is 0.379. The Kier molecular flexibility index (Phi) is 8.12. The van der Waals surface area contributed by atoms with Crippen LogP contribution in [-0.2, 0) is 11.3 Å². The molecule has 3 heterocycles. The molecule has 5 rings (SSSR count). The highest BCUT2D eigenvalue weighted by Gasteiger charge is 2.19. The lowest BCUT2D eigenvalue weighted by molar-refractivity contribution is 0.0288. The first-order valence-corrected chi connectivity index (χ1v) is 13.7. The third-order valence-corrected chi connectivity index (χ3v) is 7.86. The highest BCUT2D eigenvalue weighted by Crippen LogP contribution is 2.33. The van der Waals surface area contributed by atoms with Gasteiger partial charge in [0.05, 0.1) is 31.2 Å². The number of ether oxygens (including phenoxy) is 1. The van der Waals surface area contributed by atoms with E-state index in [2.05, 4.69) is 46.8 Å². The van der Waals surface area contributed by atoms with Crippen LogP contribution in [-0.4, -0.2) is 70.8 Å². The Labute approximate surface area is 221 Å². The lowest BCUT2D eigenvalue weighted by Gasteiger charge is -2.30. The van der Waals surface area contributed by atoms with Crippen LogP contribution < -0.4 is 5.56 Å². The predicted molar refractivity (Wildman–Crippen MR) is 149 cm³/mol. The summed E-state index contributed by atoms with van der Waals surface area (Å²) in [6, 6.07) is 16.0. The molecule has 0 saturated carbocycles. The number of aryl methyl sites for hydroxylation is 2. The number of hydrogen-bond donors (Lipinski definition) is 2. The standard InChI is InChI=1S/C29H34N4O3S/c1-20-8-9-23(21(2)16-20)24-19-37-29-27(24)28(35)30-26(31-29)18-33(11-10-32-12-14-36-15-13-32)17-25(34)22-6-4-3-5-7-22/h3-9,16,19,25,34H,10-15,17-18H2,1-2H3,(H,30,31,35)/t25-/m0/s1.